The van der Waals surface area contributed by atoms with Crippen LogP contribution in [0.4, 0.5) is 11.8 Å². The van der Waals surface area contributed by atoms with Crippen molar-refractivity contribution in [3.05, 3.63) is 6.33 Å². The van der Waals surface area contributed by atoms with Crippen molar-refractivity contribution in [3.8, 4) is 0 Å². The summed E-state index contributed by atoms with van der Waals surface area (Å²) in [7, 11) is 0. The van der Waals surface area contributed by atoms with Gasteiger partial charge in [0.05, 0.1) is 12.9 Å². The number of imidazole rings is 1. The van der Waals surface area contributed by atoms with E-state index in [4.69, 9.17) is 5.11 Å². The number of aliphatic hydroxyl groups is 1. The maximum Gasteiger partial charge on any atom is 0.226 e. The molecule has 0 spiro atoms. The van der Waals surface area contributed by atoms with Gasteiger partial charge in [0.1, 0.15) is 0 Å². The molecule has 9 nitrogen and oxygen atoms in total. The van der Waals surface area contributed by atoms with Crippen LogP contribution < -0.4 is 10.6 Å². The van der Waals surface area contributed by atoms with Gasteiger partial charge in [-0.05, 0) is 26.7 Å². The van der Waals surface area contributed by atoms with Gasteiger partial charge in [-0.2, -0.15) is 9.97 Å². The van der Waals surface area contributed by atoms with Crippen molar-refractivity contribution >= 4 is 28.8 Å². The molecule has 0 bridgehead atoms. The van der Waals surface area contributed by atoms with Gasteiger partial charge in [-0.3, -0.25) is 4.79 Å². The van der Waals surface area contributed by atoms with Gasteiger partial charge in [-0.25, -0.2) is 4.98 Å². The number of likely N-dealkylation sites (tertiary alicyclic amines) is 1. The van der Waals surface area contributed by atoms with Crippen molar-refractivity contribution in [2.75, 3.05) is 43.4 Å². The Bertz CT molecular complexity index is 759. The molecule has 1 fully saturated rings. The smallest absolute Gasteiger partial charge is 0.226 e. The Morgan fingerprint density at radius 2 is 2.12 bits per heavy atom. The average molecular weight is 361 g/mol. The van der Waals surface area contributed by atoms with E-state index in [0.717, 1.165) is 31.6 Å². The zero-order valence-corrected chi connectivity index (χ0v) is 15.4. The Hall–Kier alpha value is -2.42. The van der Waals surface area contributed by atoms with Crippen LogP contribution in [0.2, 0.25) is 0 Å². The Morgan fingerprint density at radius 3 is 2.81 bits per heavy atom. The van der Waals surface area contributed by atoms with Crippen LogP contribution in [0.25, 0.3) is 11.2 Å². The predicted octanol–water partition coefficient (Wildman–Crippen LogP) is 1.24. The highest BCUT2D eigenvalue weighted by molar-refractivity contribution is 5.84. The van der Waals surface area contributed by atoms with Crippen LogP contribution in [-0.2, 0) is 4.79 Å². The summed E-state index contributed by atoms with van der Waals surface area (Å²) in [6, 6.07) is 0.231. The van der Waals surface area contributed by atoms with E-state index >= 15 is 0 Å². The summed E-state index contributed by atoms with van der Waals surface area (Å²) in [6.07, 6.45) is 4.24. The lowest BCUT2D eigenvalue weighted by molar-refractivity contribution is -0.127. The lowest BCUT2D eigenvalue weighted by atomic mass is 10.3. The van der Waals surface area contributed by atoms with Gasteiger partial charge in [-0.15, -0.1) is 0 Å². The number of fused-ring (bicyclic) bond motifs is 1. The number of hydrogen-bond acceptors (Lipinski definition) is 7. The third-order valence-electron chi connectivity index (χ3n) is 4.44. The number of anilines is 2. The molecular weight excluding hydrogens is 334 g/mol. The molecule has 3 rings (SSSR count). The number of amides is 1. The molecule has 1 amide bonds. The fourth-order valence-corrected chi connectivity index (χ4v) is 3.08. The molecular formula is C17H27N7O2. The fourth-order valence-electron chi connectivity index (χ4n) is 3.08. The molecule has 3 heterocycles. The maximum absolute atomic E-state index is 11.6. The Morgan fingerprint density at radius 1 is 1.27 bits per heavy atom. The number of carbonyl (C=O) groups excluding carboxylic acids is 1. The summed E-state index contributed by atoms with van der Waals surface area (Å²) in [5.41, 5.74) is 1.45. The molecule has 9 heteroatoms. The molecule has 2 aromatic rings. The van der Waals surface area contributed by atoms with E-state index in [1.54, 1.807) is 6.33 Å². The molecule has 0 aliphatic carbocycles. The van der Waals surface area contributed by atoms with Crippen LogP contribution >= 0.6 is 0 Å². The Labute approximate surface area is 152 Å². The second-order valence-electron chi connectivity index (χ2n) is 6.73. The van der Waals surface area contributed by atoms with E-state index < -0.39 is 0 Å². The monoisotopic (exact) mass is 361 g/mol. The molecule has 26 heavy (non-hydrogen) atoms. The normalized spacial score (nSPS) is 14.6. The molecule has 3 N–H and O–H groups in total. The number of nitrogens with zero attached hydrogens (tertiary/aromatic N) is 5. The molecule has 0 atom stereocenters. The zero-order chi connectivity index (χ0) is 18.5. The predicted molar refractivity (Wildman–Crippen MR) is 100 cm³/mol. The first-order valence-electron chi connectivity index (χ1n) is 9.21. The van der Waals surface area contributed by atoms with Crippen LogP contribution in [0, 0.1) is 0 Å². The lowest BCUT2D eigenvalue weighted by Gasteiger charge is -2.15. The second-order valence-corrected chi connectivity index (χ2v) is 6.73. The highest BCUT2D eigenvalue weighted by Crippen LogP contribution is 2.23. The number of nitrogens with one attached hydrogen (secondary N) is 2. The van der Waals surface area contributed by atoms with Gasteiger partial charge < -0.3 is 25.2 Å². The van der Waals surface area contributed by atoms with Crippen molar-refractivity contribution in [3.63, 3.8) is 0 Å². The first-order valence-corrected chi connectivity index (χ1v) is 9.21. The van der Waals surface area contributed by atoms with Crippen molar-refractivity contribution in [1.29, 1.82) is 0 Å². The summed E-state index contributed by atoms with van der Waals surface area (Å²) in [6.45, 7) is 6.87. The molecule has 0 unspecified atom stereocenters. The summed E-state index contributed by atoms with van der Waals surface area (Å²) >= 11 is 0. The molecule has 1 saturated heterocycles. The van der Waals surface area contributed by atoms with Crippen LogP contribution in [-0.4, -0.2) is 68.2 Å². The first kappa shape index (κ1) is 18.4. The minimum Gasteiger partial charge on any atom is -0.395 e. The molecule has 1 aliphatic heterocycles. The standard InChI is InChI=1S/C17H27N7O2/c1-12(2)24-11-20-14-15(18-7-10-25)21-17(22-16(14)24)19-6-4-9-23-8-3-5-13(23)26/h11-12,25H,3-10H2,1-2H3,(H2,18,19,21,22). The second kappa shape index (κ2) is 8.31. The summed E-state index contributed by atoms with van der Waals surface area (Å²) in [4.78, 5) is 27.1. The van der Waals surface area contributed by atoms with Gasteiger partial charge in [-0.1, -0.05) is 0 Å². The molecule has 2 aromatic heterocycles. The molecule has 1 aliphatic rings. The van der Waals surface area contributed by atoms with Crippen molar-refractivity contribution in [2.45, 2.75) is 39.2 Å². The topological polar surface area (TPSA) is 108 Å². The third kappa shape index (κ3) is 4.04. The largest absolute Gasteiger partial charge is 0.395 e. The molecule has 142 valence electrons. The van der Waals surface area contributed by atoms with Crippen LogP contribution in [0.5, 0.6) is 0 Å². The van der Waals surface area contributed by atoms with Gasteiger partial charge in [0.2, 0.25) is 11.9 Å². The van der Waals surface area contributed by atoms with E-state index in [1.165, 1.54) is 0 Å². The van der Waals surface area contributed by atoms with E-state index in [9.17, 15) is 4.79 Å². The van der Waals surface area contributed by atoms with Crippen molar-refractivity contribution < 1.29 is 9.90 Å². The maximum atomic E-state index is 11.6. The number of carbonyl (C=O) groups is 1. The van der Waals surface area contributed by atoms with Gasteiger partial charge >= 0.3 is 0 Å². The number of aromatic nitrogens is 4. The van der Waals surface area contributed by atoms with E-state index in [2.05, 4.69) is 39.4 Å². The minimum atomic E-state index is 0.0169. The van der Waals surface area contributed by atoms with Crippen LogP contribution in [0.15, 0.2) is 6.33 Å². The van der Waals surface area contributed by atoms with Gasteiger partial charge in [0, 0.05) is 38.6 Å². The molecule has 0 saturated carbocycles. The van der Waals surface area contributed by atoms with Crippen molar-refractivity contribution in [1.82, 2.24) is 24.4 Å². The highest BCUT2D eigenvalue weighted by Gasteiger charge is 2.19. The number of rotatable bonds is 9. The highest BCUT2D eigenvalue weighted by atomic mass is 16.3. The first-order chi connectivity index (χ1) is 12.6. The van der Waals surface area contributed by atoms with E-state index in [-0.39, 0.29) is 18.6 Å². The van der Waals surface area contributed by atoms with E-state index in [0.29, 0.717) is 36.8 Å². The van der Waals surface area contributed by atoms with Crippen LogP contribution in [0.3, 0.4) is 0 Å². The SMILES string of the molecule is CC(C)n1cnc2c(NCCO)nc(NCCCN3CCCC3=O)nc21. The number of aliphatic hydroxyl groups excluding tert-OH is 1. The summed E-state index contributed by atoms with van der Waals surface area (Å²) in [5, 5.41) is 15.4. The van der Waals surface area contributed by atoms with Crippen molar-refractivity contribution in [2.24, 2.45) is 0 Å². The van der Waals surface area contributed by atoms with Gasteiger partial charge in [0.15, 0.2) is 17.0 Å². The summed E-state index contributed by atoms with van der Waals surface area (Å²) in [5.74, 6) is 1.38. The lowest BCUT2D eigenvalue weighted by Crippen LogP contribution is -2.27. The Kier molecular flexibility index (Phi) is 5.87. The zero-order valence-electron chi connectivity index (χ0n) is 15.4. The number of hydrogen-bond donors (Lipinski definition) is 3. The average Bonchev–Trinajstić information content (AvgIpc) is 3.23. The van der Waals surface area contributed by atoms with Crippen LogP contribution in [0.1, 0.15) is 39.2 Å². The molecule has 0 aromatic carbocycles. The summed E-state index contributed by atoms with van der Waals surface area (Å²) < 4.78 is 2.00. The van der Waals surface area contributed by atoms with Gasteiger partial charge in [0.25, 0.3) is 0 Å². The Balaban J connectivity index is 1.70. The minimum absolute atomic E-state index is 0.0169. The quantitative estimate of drug-likeness (QED) is 0.577. The third-order valence-corrected chi connectivity index (χ3v) is 4.44. The molecule has 0 radical (unpaired) electrons. The van der Waals surface area contributed by atoms with E-state index in [1.807, 2.05) is 9.47 Å². The fraction of sp³-hybridized carbons (Fsp3) is 0.647.